The fourth-order valence-corrected chi connectivity index (χ4v) is 4.36. The van der Waals surface area contributed by atoms with Gasteiger partial charge in [0.25, 0.3) is 0 Å². The second kappa shape index (κ2) is 6.24. The Hall–Kier alpha value is -1.40. The largest absolute Gasteiger partial charge is 0.376 e. The second-order valence-electron chi connectivity index (χ2n) is 5.79. The van der Waals surface area contributed by atoms with Crippen LogP contribution in [0.2, 0.25) is 5.02 Å². The number of halogens is 1. The maximum atomic E-state index is 12.4. The lowest BCUT2D eigenvalue weighted by Gasteiger charge is -2.27. The van der Waals surface area contributed by atoms with Gasteiger partial charge in [0, 0.05) is 31.5 Å². The molecule has 0 aromatic heterocycles. The summed E-state index contributed by atoms with van der Waals surface area (Å²) in [6.07, 6.45) is 1.38. The third-order valence-electron chi connectivity index (χ3n) is 4.27. The van der Waals surface area contributed by atoms with Gasteiger partial charge in [-0.15, -0.1) is 0 Å². The average molecular weight is 352 g/mol. The maximum Gasteiger partial charge on any atom is 0.240 e. The van der Waals surface area contributed by atoms with Crippen molar-refractivity contribution in [2.75, 3.05) is 13.7 Å². The molecule has 4 nitrogen and oxygen atoms in total. The van der Waals surface area contributed by atoms with Gasteiger partial charge < -0.3 is 4.74 Å². The van der Waals surface area contributed by atoms with E-state index in [-0.39, 0.29) is 11.4 Å². The van der Waals surface area contributed by atoms with Crippen molar-refractivity contribution < 1.29 is 13.2 Å². The van der Waals surface area contributed by atoms with Gasteiger partial charge in [-0.3, -0.25) is 0 Å². The Morgan fingerprint density at radius 3 is 2.35 bits per heavy atom. The molecule has 0 heterocycles. The van der Waals surface area contributed by atoms with Crippen molar-refractivity contribution in [3.8, 4) is 0 Å². The zero-order valence-corrected chi connectivity index (χ0v) is 14.3. The minimum absolute atomic E-state index is 0.159. The van der Waals surface area contributed by atoms with E-state index >= 15 is 0 Å². The predicted octanol–water partition coefficient (Wildman–Crippen LogP) is 2.80. The molecule has 0 atom stereocenters. The van der Waals surface area contributed by atoms with Gasteiger partial charge in [-0.2, -0.15) is 0 Å². The summed E-state index contributed by atoms with van der Waals surface area (Å²) in [5.41, 5.74) is 1.86. The van der Waals surface area contributed by atoms with Crippen LogP contribution < -0.4 is 4.72 Å². The third-order valence-corrected chi connectivity index (χ3v) is 5.90. The van der Waals surface area contributed by atoms with Crippen LogP contribution in [-0.2, 0) is 27.6 Å². The molecule has 0 fully saturated rings. The summed E-state index contributed by atoms with van der Waals surface area (Å²) in [7, 11) is -2.00. The molecule has 0 bridgehead atoms. The van der Waals surface area contributed by atoms with Crippen molar-refractivity contribution in [2.24, 2.45) is 0 Å². The van der Waals surface area contributed by atoms with Crippen molar-refractivity contribution in [3.05, 3.63) is 64.7 Å². The molecular formula is C17H18ClNO3S. The summed E-state index contributed by atoms with van der Waals surface area (Å²) in [4.78, 5) is 0.159. The number of nitrogens with one attached hydrogen (secondary N) is 1. The third kappa shape index (κ3) is 3.43. The van der Waals surface area contributed by atoms with E-state index in [1.165, 1.54) is 23.3 Å². The molecule has 1 N–H and O–H groups in total. The van der Waals surface area contributed by atoms with Crippen LogP contribution in [0, 0.1) is 0 Å². The summed E-state index contributed by atoms with van der Waals surface area (Å²) < 4.78 is 33.2. The molecule has 2 aromatic carbocycles. The SMILES string of the molecule is COC1(CNS(=O)(=O)c2cccc(Cl)c2)Cc2ccccc2C1. The first kappa shape index (κ1) is 16.5. The van der Waals surface area contributed by atoms with Crippen LogP contribution in [0.15, 0.2) is 53.4 Å². The van der Waals surface area contributed by atoms with Crippen LogP contribution in [-0.4, -0.2) is 27.7 Å². The molecule has 0 saturated carbocycles. The molecule has 0 unspecified atom stereocenters. The first-order valence-electron chi connectivity index (χ1n) is 7.31. The van der Waals surface area contributed by atoms with Gasteiger partial charge in [-0.05, 0) is 29.3 Å². The standard InChI is InChI=1S/C17H18ClNO3S/c1-22-17(10-13-5-2-3-6-14(13)11-17)12-19-23(20,21)16-8-4-7-15(18)9-16/h2-9,19H,10-12H2,1H3. The van der Waals surface area contributed by atoms with Gasteiger partial charge in [0.05, 0.1) is 10.5 Å². The molecule has 0 aliphatic heterocycles. The van der Waals surface area contributed by atoms with E-state index in [1.54, 1.807) is 19.2 Å². The number of hydrogen-bond acceptors (Lipinski definition) is 3. The average Bonchev–Trinajstić information content (AvgIpc) is 2.92. The highest BCUT2D eigenvalue weighted by atomic mass is 35.5. The first-order chi connectivity index (χ1) is 10.9. The summed E-state index contributed by atoms with van der Waals surface area (Å²) >= 11 is 5.88. The Balaban J connectivity index is 1.77. The van der Waals surface area contributed by atoms with Crippen LogP contribution in [0.25, 0.3) is 0 Å². The van der Waals surface area contributed by atoms with Crippen LogP contribution in [0.5, 0.6) is 0 Å². The highest BCUT2D eigenvalue weighted by molar-refractivity contribution is 7.89. The molecule has 1 aliphatic carbocycles. The molecule has 23 heavy (non-hydrogen) atoms. The minimum atomic E-state index is -3.62. The molecule has 0 radical (unpaired) electrons. The lowest BCUT2D eigenvalue weighted by molar-refractivity contribution is 0.00378. The highest BCUT2D eigenvalue weighted by Gasteiger charge is 2.38. The van der Waals surface area contributed by atoms with Crippen molar-refractivity contribution >= 4 is 21.6 Å². The quantitative estimate of drug-likeness (QED) is 0.901. The number of benzene rings is 2. The smallest absolute Gasteiger partial charge is 0.240 e. The Morgan fingerprint density at radius 1 is 1.13 bits per heavy atom. The van der Waals surface area contributed by atoms with Crippen molar-refractivity contribution in [2.45, 2.75) is 23.3 Å². The zero-order chi connectivity index (χ0) is 16.5. The monoisotopic (exact) mass is 351 g/mol. The predicted molar refractivity (Wildman–Crippen MR) is 90.2 cm³/mol. The van der Waals surface area contributed by atoms with E-state index < -0.39 is 15.6 Å². The van der Waals surface area contributed by atoms with Gasteiger partial charge in [-0.25, -0.2) is 13.1 Å². The van der Waals surface area contributed by atoms with Crippen LogP contribution >= 0.6 is 11.6 Å². The van der Waals surface area contributed by atoms with E-state index in [2.05, 4.69) is 16.9 Å². The number of fused-ring (bicyclic) bond motifs is 1. The van der Waals surface area contributed by atoms with E-state index in [0.717, 1.165) is 0 Å². The second-order valence-corrected chi connectivity index (χ2v) is 7.99. The molecule has 1 aliphatic rings. The van der Waals surface area contributed by atoms with Crippen LogP contribution in [0.4, 0.5) is 0 Å². The summed E-state index contributed by atoms with van der Waals surface area (Å²) in [5, 5.41) is 0.391. The zero-order valence-electron chi connectivity index (χ0n) is 12.8. The molecule has 0 amide bonds. The normalized spacial score (nSPS) is 16.3. The highest BCUT2D eigenvalue weighted by Crippen LogP contribution is 2.32. The topological polar surface area (TPSA) is 55.4 Å². The van der Waals surface area contributed by atoms with Crippen molar-refractivity contribution in [3.63, 3.8) is 0 Å². The van der Waals surface area contributed by atoms with Crippen molar-refractivity contribution in [1.29, 1.82) is 0 Å². The first-order valence-corrected chi connectivity index (χ1v) is 9.17. The van der Waals surface area contributed by atoms with E-state index in [9.17, 15) is 8.42 Å². The Labute approximate surface area is 141 Å². The number of sulfonamides is 1. The van der Waals surface area contributed by atoms with Crippen LogP contribution in [0.1, 0.15) is 11.1 Å². The summed E-state index contributed by atoms with van der Waals surface area (Å²) in [6.45, 7) is 0.215. The van der Waals surface area contributed by atoms with Gasteiger partial charge in [0.2, 0.25) is 10.0 Å². The maximum absolute atomic E-state index is 12.4. The Kier molecular flexibility index (Phi) is 4.47. The van der Waals surface area contributed by atoms with Gasteiger partial charge in [-0.1, -0.05) is 41.9 Å². The van der Waals surface area contributed by atoms with Gasteiger partial charge in [0.1, 0.15) is 0 Å². The number of methoxy groups -OCH3 is 1. The molecule has 0 spiro atoms. The number of ether oxygens (including phenoxy) is 1. The van der Waals surface area contributed by atoms with Crippen molar-refractivity contribution in [1.82, 2.24) is 4.72 Å². The minimum Gasteiger partial charge on any atom is -0.376 e. The molecular weight excluding hydrogens is 334 g/mol. The van der Waals surface area contributed by atoms with Gasteiger partial charge >= 0.3 is 0 Å². The molecule has 6 heteroatoms. The van der Waals surface area contributed by atoms with Crippen LogP contribution in [0.3, 0.4) is 0 Å². The Morgan fingerprint density at radius 2 is 1.78 bits per heavy atom. The van der Waals surface area contributed by atoms with E-state index in [1.807, 2.05) is 12.1 Å². The molecule has 3 rings (SSSR count). The Bertz CT molecular complexity index is 795. The van der Waals surface area contributed by atoms with E-state index in [4.69, 9.17) is 16.3 Å². The molecule has 0 saturated heterocycles. The molecule has 2 aromatic rings. The molecule has 122 valence electrons. The van der Waals surface area contributed by atoms with E-state index in [0.29, 0.717) is 17.9 Å². The fourth-order valence-electron chi connectivity index (χ4n) is 2.94. The van der Waals surface area contributed by atoms with Gasteiger partial charge in [0.15, 0.2) is 0 Å². The lowest BCUT2D eigenvalue weighted by Crippen LogP contribution is -2.45. The fraction of sp³-hybridized carbons (Fsp3) is 0.294. The number of rotatable bonds is 5. The summed E-state index contributed by atoms with van der Waals surface area (Å²) in [6, 6.07) is 14.3. The summed E-state index contributed by atoms with van der Waals surface area (Å²) in [5.74, 6) is 0. The number of hydrogen-bond donors (Lipinski definition) is 1. The lowest BCUT2D eigenvalue weighted by atomic mass is 10.0.